The number of benzene rings is 1. The topological polar surface area (TPSA) is 63.0 Å². The Kier molecular flexibility index (Phi) is 4.88. The molecule has 0 atom stereocenters. The van der Waals surface area contributed by atoms with Crippen LogP contribution in [0, 0.1) is 5.82 Å². The number of aromatic nitrogens is 3. The van der Waals surface area contributed by atoms with Crippen molar-refractivity contribution in [3.8, 4) is 5.69 Å². The lowest BCUT2D eigenvalue weighted by atomic mass is 10.1. The number of nitrogens with one attached hydrogen (secondary N) is 1. The van der Waals surface area contributed by atoms with Crippen molar-refractivity contribution in [2.75, 3.05) is 0 Å². The zero-order valence-corrected chi connectivity index (χ0v) is 14.2. The number of halogens is 1. The number of nitrogens with zero attached hydrogens (tertiary/aromatic N) is 3. The first-order chi connectivity index (χ1) is 12.1. The van der Waals surface area contributed by atoms with Crippen LogP contribution in [0.25, 0.3) is 5.69 Å². The van der Waals surface area contributed by atoms with Crippen LogP contribution in [-0.2, 0) is 6.42 Å². The standard InChI is InChI=1S/C19H19FN4O/c1-3-5-17-18(13(2)22-15-6-4-11-21-12-15)19(25)24(23-17)16-9-7-14(20)8-10-16/h4,6-12,23H,3,5H2,1-2H3. The second kappa shape index (κ2) is 7.25. The van der Waals surface area contributed by atoms with Gasteiger partial charge in [-0.05, 0) is 49.7 Å². The summed E-state index contributed by atoms with van der Waals surface area (Å²) in [5.41, 5.74) is 3.08. The summed E-state index contributed by atoms with van der Waals surface area (Å²) in [5.74, 6) is -0.341. The minimum Gasteiger partial charge on any atom is -0.294 e. The second-order valence-corrected chi connectivity index (χ2v) is 5.74. The van der Waals surface area contributed by atoms with E-state index in [0.29, 0.717) is 22.6 Å². The molecule has 3 rings (SSSR count). The van der Waals surface area contributed by atoms with Crippen LogP contribution in [0.15, 0.2) is 58.6 Å². The molecule has 2 heterocycles. The molecule has 128 valence electrons. The Morgan fingerprint density at radius 3 is 2.68 bits per heavy atom. The molecule has 0 spiro atoms. The molecule has 3 aromatic rings. The van der Waals surface area contributed by atoms with Gasteiger partial charge in [0.2, 0.25) is 0 Å². The first-order valence-electron chi connectivity index (χ1n) is 8.15. The molecule has 0 fully saturated rings. The van der Waals surface area contributed by atoms with Gasteiger partial charge in [-0.25, -0.2) is 9.07 Å². The highest BCUT2D eigenvalue weighted by Gasteiger charge is 2.17. The van der Waals surface area contributed by atoms with Crippen molar-refractivity contribution >= 4 is 11.4 Å². The minimum absolute atomic E-state index is 0.194. The Balaban J connectivity index is 2.11. The first-order valence-corrected chi connectivity index (χ1v) is 8.15. The van der Waals surface area contributed by atoms with Gasteiger partial charge in [-0.1, -0.05) is 13.3 Å². The molecule has 0 amide bonds. The summed E-state index contributed by atoms with van der Waals surface area (Å²) in [6.07, 6.45) is 4.93. The van der Waals surface area contributed by atoms with Crippen LogP contribution in [0.2, 0.25) is 0 Å². The van der Waals surface area contributed by atoms with Gasteiger partial charge in [-0.15, -0.1) is 0 Å². The number of aryl methyl sites for hydroxylation is 1. The average Bonchev–Trinajstić information content (AvgIpc) is 2.93. The van der Waals surface area contributed by atoms with Crippen LogP contribution in [0.4, 0.5) is 10.1 Å². The van der Waals surface area contributed by atoms with Crippen molar-refractivity contribution in [2.24, 2.45) is 4.99 Å². The molecule has 0 aliphatic heterocycles. The molecule has 0 aliphatic carbocycles. The lowest BCUT2D eigenvalue weighted by molar-refractivity contribution is 0.626. The largest absolute Gasteiger partial charge is 0.294 e. The molecule has 2 aromatic heterocycles. The highest BCUT2D eigenvalue weighted by molar-refractivity contribution is 6.01. The number of pyridine rings is 1. The van der Waals surface area contributed by atoms with Crippen LogP contribution in [0.1, 0.15) is 31.5 Å². The van der Waals surface area contributed by atoms with E-state index in [2.05, 4.69) is 15.1 Å². The molecule has 0 aliphatic rings. The molecule has 25 heavy (non-hydrogen) atoms. The highest BCUT2D eigenvalue weighted by Crippen LogP contribution is 2.15. The molecule has 0 saturated heterocycles. The van der Waals surface area contributed by atoms with E-state index < -0.39 is 0 Å². The fourth-order valence-corrected chi connectivity index (χ4v) is 2.73. The maximum Gasteiger partial charge on any atom is 0.280 e. The molecule has 0 bridgehead atoms. The number of hydrogen-bond donors (Lipinski definition) is 1. The fraction of sp³-hybridized carbons (Fsp3) is 0.211. The van der Waals surface area contributed by atoms with Crippen molar-refractivity contribution in [3.05, 3.63) is 76.2 Å². The van der Waals surface area contributed by atoms with E-state index in [4.69, 9.17) is 0 Å². The molecule has 1 N–H and O–H groups in total. The Hall–Kier alpha value is -3.02. The summed E-state index contributed by atoms with van der Waals surface area (Å²) in [5, 5.41) is 3.14. The quantitative estimate of drug-likeness (QED) is 0.719. The van der Waals surface area contributed by atoms with Gasteiger partial charge in [0.1, 0.15) is 5.82 Å². The predicted octanol–water partition coefficient (Wildman–Crippen LogP) is 3.79. The lowest BCUT2D eigenvalue weighted by Gasteiger charge is -2.01. The molecular formula is C19H19FN4O. The number of H-pyrrole nitrogens is 1. The zero-order chi connectivity index (χ0) is 17.8. The molecular weight excluding hydrogens is 319 g/mol. The van der Waals surface area contributed by atoms with Crippen LogP contribution in [-0.4, -0.2) is 20.5 Å². The van der Waals surface area contributed by atoms with Gasteiger partial charge in [-0.2, -0.15) is 0 Å². The van der Waals surface area contributed by atoms with Crippen molar-refractivity contribution in [1.82, 2.24) is 14.8 Å². The van der Waals surface area contributed by atoms with Gasteiger partial charge in [0, 0.05) is 11.9 Å². The number of aliphatic imine (C=N–C) groups is 1. The molecule has 1 aromatic carbocycles. The third kappa shape index (κ3) is 3.57. The van der Waals surface area contributed by atoms with Crippen molar-refractivity contribution < 1.29 is 4.39 Å². The summed E-state index contributed by atoms with van der Waals surface area (Å²) in [4.78, 5) is 21.5. The molecule has 5 nitrogen and oxygen atoms in total. The Labute approximate surface area is 144 Å². The fourth-order valence-electron chi connectivity index (χ4n) is 2.73. The van der Waals surface area contributed by atoms with Gasteiger partial charge < -0.3 is 0 Å². The summed E-state index contributed by atoms with van der Waals surface area (Å²) in [6, 6.07) is 9.44. The molecule has 0 unspecified atom stereocenters. The predicted molar refractivity (Wildman–Crippen MR) is 96.5 cm³/mol. The van der Waals surface area contributed by atoms with E-state index in [9.17, 15) is 9.18 Å². The van der Waals surface area contributed by atoms with Gasteiger partial charge in [0.05, 0.1) is 28.8 Å². The smallest absolute Gasteiger partial charge is 0.280 e. The van der Waals surface area contributed by atoms with E-state index >= 15 is 0 Å². The second-order valence-electron chi connectivity index (χ2n) is 5.74. The Morgan fingerprint density at radius 2 is 2.04 bits per heavy atom. The van der Waals surface area contributed by atoms with Crippen LogP contribution < -0.4 is 5.56 Å². The lowest BCUT2D eigenvalue weighted by Crippen LogP contribution is -2.19. The Bertz CT molecular complexity index is 940. The van der Waals surface area contributed by atoms with Gasteiger partial charge in [0.15, 0.2) is 0 Å². The van der Waals surface area contributed by atoms with E-state index in [1.54, 1.807) is 30.6 Å². The van der Waals surface area contributed by atoms with E-state index in [-0.39, 0.29) is 11.4 Å². The van der Waals surface area contributed by atoms with Crippen molar-refractivity contribution in [1.29, 1.82) is 0 Å². The minimum atomic E-state index is -0.341. The summed E-state index contributed by atoms with van der Waals surface area (Å²) in [6.45, 7) is 3.86. The van der Waals surface area contributed by atoms with Gasteiger partial charge >= 0.3 is 0 Å². The van der Waals surface area contributed by atoms with E-state index in [1.165, 1.54) is 16.8 Å². The molecule has 6 heteroatoms. The first kappa shape index (κ1) is 16.8. The third-order valence-electron chi connectivity index (χ3n) is 3.85. The third-order valence-corrected chi connectivity index (χ3v) is 3.85. The molecule has 0 saturated carbocycles. The van der Waals surface area contributed by atoms with Crippen LogP contribution >= 0.6 is 0 Å². The van der Waals surface area contributed by atoms with Crippen LogP contribution in [0.5, 0.6) is 0 Å². The van der Waals surface area contributed by atoms with E-state index in [0.717, 1.165) is 18.5 Å². The summed E-state index contributed by atoms with van der Waals surface area (Å²) in [7, 11) is 0. The zero-order valence-electron chi connectivity index (χ0n) is 14.2. The van der Waals surface area contributed by atoms with Gasteiger partial charge in [0.25, 0.3) is 5.56 Å². The van der Waals surface area contributed by atoms with Crippen LogP contribution in [0.3, 0.4) is 0 Å². The number of rotatable bonds is 5. The van der Waals surface area contributed by atoms with Crippen molar-refractivity contribution in [2.45, 2.75) is 26.7 Å². The van der Waals surface area contributed by atoms with Crippen molar-refractivity contribution in [3.63, 3.8) is 0 Å². The highest BCUT2D eigenvalue weighted by atomic mass is 19.1. The van der Waals surface area contributed by atoms with Gasteiger partial charge in [-0.3, -0.25) is 19.9 Å². The number of hydrogen-bond acceptors (Lipinski definition) is 3. The summed E-state index contributed by atoms with van der Waals surface area (Å²) >= 11 is 0. The number of aromatic amines is 1. The maximum absolute atomic E-state index is 13.2. The molecule has 0 radical (unpaired) electrons. The normalized spacial score (nSPS) is 11.7. The summed E-state index contributed by atoms with van der Waals surface area (Å²) < 4.78 is 14.6. The SMILES string of the molecule is CCCc1[nH]n(-c2ccc(F)cc2)c(=O)c1C(C)=Nc1cccnc1. The monoisotopic (exact) mass is 338 g/mol. The Morgan fingerprint density at radius 1 is 1.28 bits per heavy atom. The maximum atomic E-state index is 13.2. The van der Waals surface area contributed by atoms with E-state index in [1.807, 2.05) is 19.9 Å². The average molecular weight is 338 g/mol.